The molecule has 0 unspecified atom stereocenters. The highest BCUT2D eigenvalue weighted by molar-refractivity contribution is 5.97. The first-order chi connectivity index (χ1) is 5.61. The van der Waals surface area contributed by atoms with Gasteiger partial charge in [-0.2, -0.15) is 0 Å². The predicted molar refractivity (Wildman–Crippen MR) is 48.1 cm³/mol. The lowest BCUT2D eigenvalue weighted by Gasteiger charge is -2.03. The minimum atomic E-state index is 0.0619. The molecule has 12 heavy (non-hydrogen) atoms. The predicted octanol–water partition coefficient (Wildman–Crippen LogP) is 2.23. The number of Topliss-reactive ketones (excluding diaryl/α,β-unsaturated/α-hetero) is 1. The van der Waals surface area contributed by atoms with E-state index in [1.54, 1.807) is 12.3 Å². The Hall–Kier alpha value is -1.18. The van der Waals surface area contributed by atoms with Crippen LogP contribution in [0.2, 0.25) is 0 Å². The minimum Gasteiger partial charge on any atom is -0.294 e. The first-order valence-corrected chi connectivity index (χ1v) is 4.08. The Bertz CT molecular complexity index is 292. The monoisotopic (exact) mass is 163 g/mol. The Labute approximate surface area is 72.6 Å². The molecule has 2 nitrogen and oxygen atoms in total. The topological polar surface area (TPSA) is 30.0 Å². The molecule has 0 atom stereocenters. The van der Waals surface area contributed by atoms with Crippen molar-refractivity contribution in [2.75, 3.05) is 0 Å². The first-order valence-electron chi connectivity index (χ1n) is 4.08. The van der Waals surface area contributed by atoms with Crippen molar-refractivity contribution in [3.05, 3.63) is 29.6 Å². The molecule has 1 heterocycles. The number of hydrogen-bond acceptors (Lipinski definition) is 2. The quantitative estimate of drug-likeness (QED) is 0.626. The molecule has 0 bridgehead atoms. The van der Waals surface area contributed by atoms with Gasteiger partial charge in [0.1, 0.15) is 0 Å². The molecule has 1 rings (SSSR count). The van der Waals surface area contributed by atoms with E-state index in [0.29, 0.717) is 0 Å². The molecule has 1 aromatic rings. The molecule has 1 aromatic heterocycles. The second-order valence-electron chi connectivity index (χ2n) is 3.20. The zero-order valence-corrected chi connectivity index (χ0v) is 7.66. The van der Waals surface area contributed by atoms with Crippen LogP contribution in [-0.2, 0) is 0 Å². The third-order valence-electron chi connectivity index (χ3n) is 1.71. The van der Waals surface area contributed by atoms with E-state index in [-0.39, 0.29) is 11.7 Å². The highest BCUT2D eigenvalue weighted by Crippen LogP contribution is 2.07. The van der Waals surface area contributed by atoms with E-state index in [0.717, 1.165) is 11.3 Å². The first kappa shape index (κ1) is 8.91. The molecule has 0 aliphatic carbocycles. The van der Waals surface area contributed by atoms with Gasteiger partial charge in [-0.15, -0.1) is 0 Å². The van der Waals surface area contributed by atoms with Gasteiger partial charge in [-0.05, 0) is 19.1 Å². The van der Waals surface area contributed by atoms with Crippen LogP contribution < -0.4 is 0 Å². The van der Waals surface area contributed by atoms with Gasteiger partial charge in [-0.3, -0.25) is 9.78 Å². The maximum atomic E-state index is 11.5. The molecule has 2 heteroatoms. The molecule has 0 spiro atoms. The van der Waals surface area contributed by atoms with E-state index in [4.69, 9.17) is 0 Å². The van der Waals surface area contributed by atoms with Crippen molar-refractivity contribution in [2.45, 2.75) is 20.8 Å². The maximum absolute atomic E-state index is 11.5. The summed E-state index contributed by atoms with van der Waals surface area (Å²) in [7, 11) is 0. The second-order valence-corrected chi connectivity index (χ2v) is 3.20. The third-order valence-corrected chi connectivity index (χ3v) is 1.71. The van der Waals surface area contributed by atoms with Crippen molar-refractivity contribution in [3.63, 3.8) is 0 Å². The van der Waals surface area contributed by atoms with Crippen molar-refractivity contribution >= 4 is 5.78 Å². The lowest BCUT2D eigenvalue weighted by atomic mass is 10.0. The van der Waals surface area contributed by atoms with Gasteiger partial charge in [-0.25, -0.2) is 0 Å². The highest BCUT2D eigenvalue weighted by atomic mass is 16.1. The molecule has 0 fully saturated rings. The summed E-state index contributed by atoms with van der Waals surface area (Å²) in [5.74, 6) is 0.243. The summed E-state index contributed by atoms with van der Waals surface area (Å²) in [6.07, 6.45) is 1.67. The van der Waals surface area contributed by atoms with Gasteiger partial charge in [0, 0.05) is 23.4 Å². The van der Waals surface area contributed by atoms with Crippen molar-refractivity contribution in [1.29, 1.82) is 0 Å². The standard InChI is InChI=1S/C10H13NO/c1-7(2)10(12)9-4-5-11-8(3)6-9/h4-7H,1-3H3. The number of carbonyl (C=O) groups excluding carboxylic acids is 1. The zero-order chi connectivity index (χ0) is 9.14. The normalized spacial score (nSPS) is 10.3. The number of rotatable bonds is 2. The summed E-state index contributed by atoms with van der Waals surface area (Å²) >= 11 is 0. The molecule has 0 aliphatic heterocycles. The van der Waals surface area contributed by atoms with Gasteiger partial charge >= 0.3 is 0 Å². The third kappa shape index (κ3) is 1.91. The Morgan fingerprint density at radius 3 is 2.67 bits per heavy atom. The zero-order valence-electron chi connectivity index (χ0n) is 7.66. The largest absolute Gasteiger partial charge is 0.294 e. The SMILES string of the molecule is Cc1cc(C(=O)C(C)C)ccn1. The van der Waals surface area contributed by atoms with Gasteiger partial charge in [0.25, 0.3) is 0 Å². The molecule has 0 saturated heterocycles. The Balaban J connectivity index is 2.96. The summed E-state index contributed by atoms with van der Waals surface area (Å²) in [6, 6.07) is 3.58. The molecule has 0 aliphatic rings. The van der Waals surface area contributed by atoms with E-state index < -0.39 is 0 Å². The number of carbonyl (C=O) groups is 1. The lowest BCUT2D eigenvalue weighted by molar-refractivity contribution is 0.0939. The second kappa shape index (κ2) is 3.48. The fraction of sp³-hybridized carbons (Fsp3) is 0.400. The number of pyridine rings is 1. The van der Waals surface area contributed by atoms with E-state index in [2.05, 4.69) is 4.98 Å². The Morgan fingerprint density at radius 1 is 1.50 bits per heavy atom. The van der Waals surface area contributed by atoms with Crippen LogP contribution in [-0.4, -0.2) is 10.8 Å². The van der Waals surface area contributed by atoms with Gasteiger partial charge < -0.3 is 0 Å². The van der Waals surface area contributed by atoms with Crippen LogP contribution in [0.1, 0.15) is 29.9 Å². The van der Waals surface area contributed by atoms with Crippen LogP contribution >= 0.6 is 0 Å². The van der Waals surface area contributed by atoms with Crippen molar-refractivity contribution in [1.82, 2.24) is 4.98 Å². The van der Waals surface area contributed by atoms with E-state index in [1.165, 1.54) is 0 Å². The number of hydrogen-bond donors (Lipinski definition) is 0. The summed E-state index contributed by atoms with van der Waals surface area (Å²) in [4.78, 5) is 15.5. The van der Waals surface area contributed by atoms with Crippen LogP contribution in [0.4, 0.5) is 0 Å². The fourth-order valence-electron chi connectivity index (χ4n) is 1.03. The highest BCUT2D eigenvalue weighted by Gasteiger charge is 2.09. The molecular formula is C10H13NO. The average Bonchev–Trinajstić information content (AvgIpc) is 2.03. The molecular weight excluding hydrogens is 150 g/mol. The summed E-state index contributed by atoms with van der Waals surface area (Å²) in [5, 5.41) is 0. The smallest absolute Gasteiger partial charge is 0.165 e. The van der Waals surface area contributed by atoms with Crippen LogP contribution in [0.15, 0.2) is 18.3 Å². The molecule has 0 N–H and O–H groups in total. The lowest BCUT2D eigenvalue weighted by Crippen LogP contribution is -2.07. The number of nitrogens with zero attached hydrogens (tertiary/aromatic N) is 1. The van der Waals surface area contributed by atoms with E-state index in [9.17, 15) is 4.79 Å². The van der Waals surface area contributed by atoms with E-state index in [1.807, 2.05) is 26.8 Å². The van der Waals surface area contributed by atoms with Gasteiger partial charge in [0.15, 0.2) is 5.78 Å². The number of aromatic nitrogens is 1. The fourth-order valence-corrected chi connectivity index (χ4v) is 1.03. The Kier molecular flexibility index (Phi) is 2.58. The van der Waals surface area contributed by atoms with Crippen LogP contribution in [0.25, 0.3) is 0 Å². The van der Waals surface area contributed by atoms with Gasteiger partial charge in [0.05, 0.1) is 0 Å². The molecule has 0 radical (unpaired) electrons. The molecule has 0 saturated carbocycles. The van der Waals surface area contributed by atoms with Gasteiger partial charge in [0.2, 0.25) is 0 Å². The van der Waals surface area contributed by atoms with Crippen molar-refractivity contribution in [3.8, 4) is 0 Å². The Morgan fingerprint density at radius 2 is 2.17 bits per heavy atom. The molecule has 0 amide bonds. The van der Waals surface area contributed by atoms with E-state index >= 15 is 0 Å². The number of ketones is 1. The maximum Gasteiger partial charge on any atom is 0.165 e. The van der Waals surface area contributed by atoms with Gasteiger partial charge in [-0.1, -0.05) is 13.8 Å². The summed E-state index contributed by atoms with van der Waals surface area (Å²) in [5.41, 5.74) is 1.65. The molecule has 64 valence electrons. The number of aryl methyl sites for hydroxylation is 1. The minimum absolute atomic E-state index is 0.0619. The van der Waals surface area contributed by atoms with Crippen molar-refractivity contribution in [2.24, 2.45) is 5.92 Å². The summed E-state index contributed by atoms with van der Waals surface area (Å²) in [6.45, 7) is 5.69. The molecule has 0 aromatic carbocycles. The average molecular weight is 163 g/mol. The van der Waals surface area contributed by atoms with Crippen LogP contribution in [0.3, 0.4) is 0 Å². The van der Waals surface area contributed by atoms with Crippen molar-refractivity contribution < 1.29 is 4.79 Å². The van der Waals surface area contributed by atoms with Crippen LogP contribution in [0.5, 0.6) is 0 Å². The van der Waals surface area contributed by atoms with Crippen LogP contribution in [0, 0.1) is 12.8 Å². The summed E-state index contributed by atoms with van der Waals surface area (Å²) < 4.78 is 0.